The minimum atomic E-state index is 0.192. The number of phenolic OH excluding ortho intramolecular Hbond substituents is 1. The molecular formula is C21H27N3O. The van der Waals surface area contributed by atoms with Crippen molar-refractivity contribution in [1.29, 1.82) is 0 Å². The summed E-state index contributed by atoms with van der Waals surface area (Å²) in [6, 6.07) is 15.1. The molecule has 132 valence electrons. The first-order valence-electron chi connectivity index (χ1n) is 8.94. The first kappa shape index (κ1) is 18.7. The van der Waals surface area contributed by atoms with Crippen molar-refractivity contribution in [2.75, 3.05) is 13.1 Å². The van der Waals surface area contributed by atoms with Gasteiger partial charge in [-0.15, -0.1) is 0 Å². The average Bonchev–Trinajstić information content (AvgIpc) is 3.15. The third-order valence-corrected chi connectivity index (χ3v) is 3.87. The van der Waals surface area contributed by atoms with Gasteiger partial charge in [-0.1, -0.05) is 38.1 Å². The zero-order valence-electron chi connectivity index (χ0n) is 15.3. The van der Waals surface area contributed by atoms with Gasteiger partial charge in [-0.25, -0.2) is 9.98 Å². The lowest BCUT2D eigenvalue weighted by Crippen LogP contribution is -2.17. The highest BCUT2D eigenvalue weighted by molar-refractivity contribution is 6.06. The maximum Gasteiger partial charge on any atom is 0.165 e. The summed E-state index contributed by atoms with van der Waals surface area (Å²) in [4.78, 5) is 11.4. The Kier molecular flexibility index (Phi) is 7.20. The van der Waals surface area contributed by atoms with Gasteiger partial charge in [0.15, 0.2) is 5.84 Å². The number of likely N-dealkylation sites (tertiary alicyclic amines) is 1. The van der Waals surface area contributed by atoms with E-state index in [1.807, 2.05) is 63.5 Å². The van der Waals surface area contributed by atoms with E-state index < -0.39 is 0 Å². The van der Waals surface area contributed by atoms with Crippen molar-refractivity contribution in [1.82, 2.24) is 4.90 Å². The van der Waals surface area contributed by atoms with Crippen LogP contribution in [0, 0.1) is 6.92 Å². The monoisotopic (exact) mass is 337 g/mol. The molecule has 1 saturated heterocycles. The first-order chi connectivity index (χ1) is 12.2. The number of nitrogens with zero attached hydrogens (tertiary/aromatic N) is 3. The molecule has 0 amide bonds. The molecule has 4 heteroatoms. The first-order valence-corrected chi connectivity index (χ1v) is 8.94. The van der Waals surface area contributed by atoms with Gasteiger partial charge in [0, 0.05) is 13.1 Å². The summed E-state index contributed by atoms with van der Waals surface area (Å²) >= 11 is 0. The molecule has 2 aromatic carbocycles. The number of hydrogen-bond donors (Lipinski definition) is 1. The molecule has 0 aromatic heterocycles. The lowest BCUT2D eigenvalue weighted by Gasteiger charge is -2.10. The SMILES string of the molecule is CC.Cc1cccc(N=C(N=CN2CCCC2)c2ccccc2O)c1. The topological polar surface area (TPSA) is 48.2 Å². The van der Waals surface area contributed by atoms with Gasteiger partial charge < -0.3 is 10.0 Å². The maximum absolute atomic E-state index is 10.1. The molecule has 0 saturated carbocycles. The van der Waals surface area contributed by atoms with Gasteiger partial charge in [-0.05, 0) is 49.6 Å². The minimum Gasteiger partial charge on any atom is -0.507 e. The second kappa shape index (κ2) is 9.62. The van der Waals surface area contributed by atoms with Gasteiger partial charge in [-0.2, -0.15) is 0 Å². The molecule has 0 spiro atoms. The van der Waals surface area contributed by atoms with E-state index in [0.29, 0.717) is 11.4 Å². The van der Waals surface area contributed by atoms with Crippen molar-refractivity contribution in [3.8, 4) is 5.75 Å². The summed E-state index contributed by atoms with van der Waals surface area (Å²) in [6.45, 7) is 8.09. The fourth-order valence-electron chi connectivity index (χ4n) is 2.63. The third kappa shape index (κ3) is 5.45. The molecule has 1 aliphatic rings. The van der Waals surface area contributed by atoms with Crippen molar-refractivity contribution in [2.24, 2.45) is 9.98 Å². The maximum atomic E-state index is 10.1. The molecule has 1 heterocycles. The summed E-state index contributed by atoms with van der Waals surface area (Å²) in [7, 11) is 0. The number of para-hydroxylation sites is 1. The molecule has 0 atom stereocenters. The van der Waals surface area contributed by atoms with E-state index in [2.05, 4.69) is 14.9 Å². The van der Waals surface area contributed by atoms with Gasteiger partial charge in [0.25, 0.3) is 0 Å². The molecule has 0 radical (unpaired) electrons. The number of phenols is 1. The zero-order valence-corrected chi connectivity index (χ0v) is 15.3. The normalized spacial score (nSPS) is 14.5. The fraction of sp³-hybridized carbons (Fsp3) is 0.333. The highest BCUT2D eigenvalue weighted by atomic mass is 16.3. The lowest BCUT2D eigenvalue weighted by atomic mass is 10.1. The highest BCUT2D eigenvalue weighted by Gasteiger charge is 2.10. The second-order valence-corrected chi connectivity index (χ2v) is 5.78. The molecular weight excluding hydrogens is 310 g/mol. The Morgan fingerprint density at radius 2 is 1.76 bits per heavy atom. The average molecular weight is 337 g/mol. The predicted molar refractivity (Wildman–Crippen MR) is 106 cm³/mol. The molecule has 1 aliphatic heterocycles. The van der Waals surface area contributed by atoms with Crippen LogP contribution in [0.1, 0.15) is 37.8 Å². The second-order valence-electron chi connectivity index (χ2n) is 5.78. The summed E-state index contributed by atoms with van der Waals surface area (Å²) < 4.78 is 0. The predicted octanol–water partition coefficient (Wildman–Crippen LogP) is 4.93. The van der Waals surface area contributed by atoms with Gasteiger partial charge in [0.05, 0.1) is 17.6 Å². The number of aryl methyl sites for hydroxylation is 1. The van der Waals surface area contributed by atoms with Crippen molar-refractivity contribution in [2.45, 2.75) is 33.6 Å². The Morgan fingerprint density at radius 3 is 2.44 bits per heavy atom. The summed E-state index contributed by atoms with van der Waals surface area (Å²) in [5, 5.41) is 10.1. The van der Waals surface area contributed by atoms with Crippen LogP contribution in [0.15, 0.2) is 58.5 Å². The van der Waals surface area contributed by atoms with Crippen molar-refractivity contribution in [3.05, 3.63) is 59.7 Å². The van der Waals surface area contributed by atoms with Crippen LogP contribution in [0.5, 0.6) is 5.75 Å². The van der Waals surface area contributed by atoms with Crippen LogP contribution in [0.25, 0.3) is 0 Å². The minimum absolute atomic E-state index is 0.192. The Balaban J connectivity index is 0.00000109. The number of hydrogen-bond acceptors (Lipinski definition) is 2. The quantitative estimate of drug-likeness (QED) is 0.638. The number of benzene rings is 2. The standard InChI is InChI=1S/C19H21N3O.C2H6/c1-15-7-6-8-16(13-15)21-19(17-9-2-3-10-18(17)23)20-14-22-11-4-5-12-22;1-2/h2-3,6-10,13-14,23H,4-5,11-12H2,1H3;1-2H3. The van der Waals surface area contributed by atoms with E-state index in [1.165, 1.54) is 12.8 Å². The molecule has 2 aromatic rings. The molecule has 0 aliphatic carbocycles. The summed E-state index contributed by atoms with van der Waals surface area (Å²) in [5.74, 6) is 0.720. The van der Waals surface area contributed by atoms with E-state index in [4.69, 9.17) is 0 Å². The molecule has 25 heavy (non-hydrogen) atoms. The lowest BCUT2D eigenvalue weighted by molar-refractivity contribution is 0.474. The Morgan fingerprint density at radius 1 is 1.04 bits per heavy atom. The number of aromatic hydroxyl groups is 1. The molecule has 0 unspecified atom stereocenters. The van der Waals surface area contributed by atoms with Crippen molar-refractivity contribution in [3.63, 3.8) is 0 Å². The zero-order chi connectivity index (χ0) is 18.1. The smallest absolute Gasteiger partial charge is 0.165 e. The number of amidine groups is 1. The molecule has 1 fully saturated rings. The van der Waals surface area contributed by atoms with Crippen LogP contribution in [0.4, 0.5) is 5.69 Å². The number of rotatable bonds is 3. The van der Waals surface area contributed by atoms with Crippen LogP contribution in [0.3, 0.4) is 0 Å². The third-order valence-electron chi connectivity index (χ3n) is 3.87. The van der Waals surface area contributed by atoms with E-state index in [0.717, 1.165) is 24.3 Å². The van der Waals surface area contributed by atoms with E-state index in [1.54, 1.807) is 12.1 Å². The highest BCUT2D eigenvalue weighted by Crippen LogP contribution is 2.21. The largest absolute Gasteiger partial charge is 0.507 e. The Hall–Kier alpha value is -2.62. The van der Waals surface area contributed by atoms with Gasteiger partial charge in [0.2, 0.25) is 0 Å². The van der Waals surface area contributed by atoms with E-state index >= 15 is 0 Å². The van der Waals surface area contributed by atoms with Crippen LogP contribution >= 0.6 is 0 Å². The van der Waals surface area contributed by atoms with Crippen LogP contribution in [0.2, 0.25) is 0 Å². The molecule has 1 N–H and O–H groups in total. The van der Waals surface area contributed by atoms with Gasteiger partial charge >= 0.3 is 0 Å². The van der Waals surface area contributed by atoms with Crippen LogP contribution in [-0.4, -0.2) is 35.3 Å². The Bertz CT molecular complexity index is 731. The van der Waals surface area contributed by atoms with Gasteiger partial charge in [-0.3, -0.25) is 0 Å². The summed E-state index contributed by atoms with van der Waals surface area (Å²) in [6.07, 6.45) is 4.24. The Labute approximate surface area is 150 Å². The number of aliphatic imine (C=N–C) groups is 2. The van der Waals surface area contributed by atoms with Crippen LogP contribution in [-0.2, 0) is 0 Å². The molecule has 4 nitrogen and oxygen atoms in total. The van der Waals surface area contributed by atoms with Gasteiger partial charge in [0.1, 0.15) is 5.75 Å². The van der Waals surface area contributed by atoms with Crippen molar-refractivity contribution < 1.29 is 5.11 Å². The van der Waals surface area contributed by atoms with E-state index in [9.17, 15) is 5.11 Å². The van der Waals surface area contributed by atoms with Crippen LogP contribution < -0.4 is 0 Å². The molecule has 0 bridgehead atoms. The van der Waals surface area contributed by atoms with E-state index in [-0.39, 0.29) is 5.75 Å². The fourth-order valence-corrected chi connectivity index (χ4v) is 2.63. The summed E-state index contributed by atoms with van der Waals surface area (Å²) in [5.41, 5.74) is 2.62. The van der Waals surface area contributed by atoms with Crippen molar-refractivity contribution >= 4 is 17.9 Å². The molecule has 3 rings (SSSR count).